The predicted molar refractivity (Wildman–Crippen MR) is 61.7 cm³/mol. The van der Waals surface area contributed by atoms with Crippen LogP contribution in [0.5, 0.6) is 0 Å². The molecular formula is C11H23N3O. The van der Waals surface area contributed by atoms with Gasteiger partial charge in [-0.05, 0) is 39.7 Å². The molecule has 1 aliphatic heterocycles. The van der Waals surface area contributed by atoms with Gasteiger partial charge >= 0.3 is 6.03 Å². The average Bonchev–Trinajstić information content (AvgIpc) is 2.64. The second-order valence-electron chi connectivity index (χ2n) is 4.55. The first-order chi connectivity index (χ1) is 7.07. The number of carbonyl (C=O) groups is 1. The Morgan fingerprint density at radius 2 is 2.27 bits per heavy atom. The van der Waals surface area contributed by atoms with E-state index in [2.05, 4.69) is 0 Å². The summed E-state index contributed by atoms with van der Waals surface area (Å²) in [5.74, 6) is 0. The third kappa shape index (κ3) is 2.84. The molecule has 4 nitrogen and oxygen atoms in total. The number of urea groups is 1. The minimum atomic E-state index is 0.154. The summed E-state index contributed by atoms with van der Waals surface area (Å²) in [4.78, 5) is 15.9. The fraction of sp³-hybridized carbons (Fsp3) is 0.909. The first kappa shape index (κ1) is 12.3. The van der Waals surface area contributed by atoms with E-state index in [1.54, 1.807) is 4.90 Å². The van der Waals surface area contributed by atoms with Crippen molar-refractivity contribution in [2.45, 2.75) is 45.2 Å². The van der Waals surface area contributed by atoms with Crippen LogP contribution in [0.2, 0.25) is 0 Å². The van der Waals surface area contributed by atoms with Gasteiger partial charge in [0.1, 0.15) is 0 Å². The van der Waals surface area contributed by atoms with E-state index in [-0.39, 0.29) is 12.1 Å². The van der Waals surface area contributed by atoms with Crippen LogP contribution in [0.1, 0.15) is 33.1 Å². The maximum Gasteiger partial charge on any atom is 0.320 e. The summed E-state index contributed by atoms with van der Waals surface area (Å²) in [5.41, 5.74) is 5.56. The van der Waals surface area contributed by atoms with E-state index in [4.69, 9.17) is 5.73 Å². The molecule has 2 N–H and O–H groups in total. The molecule has 0 aliphatic carbocycles. The Balaban J connectivity index is 2.58. The maximum atomic E-state index is 12.1. The summed E-state index contributed by atoms with van der Waals surface area (Å²) in [6, 6.07) is 0.779. The minimum absolute atomic E-state index is 0.154. The fourth-order valence-corrected chi connectivity index (χ4v) is 2.00. The van der Waals surface area contributed by atoms with Crippen LogP contribution < -0.4 is 5.73 Å². The molecule has 2 amide bonds. The predicted octanol–water partition coefficient (Wildman–Crippen LogP) is 1.26. The minimum Gasteiger partial charge on any atom is -0.330 e. The Kier molecular flexibility index (Phi) is 4.39. The lowest BCUT2D eigenvalue weighted by molar-refractivity contribution is 0.146. The standard InChI is InChI=1S/C11H23N3O/c1-9(2)13(3)11(15)14-8-4-5-10(14)6-7-12/h9-10H,4-8,12H2,1-3H3. The van der Waals surface area contributed by atoms with Crippen molar-refractivity contribution in [3.8, 4) is 0 Å². The molecule has 1 unspecified atom stereocenters. The molecule has 15 heavy (non-hydrogen) atoms. The van der Waals surface area contributed by atoms with Gasteiger partial charge in [-0.1, -0.05) is 0 Å². The van der Waals surface area contributed by atoms with Crippen LogP contribution in [-0.4, -0.2) is 48.1 Å². The van der Waals surface area contributed by atoms with E-state index in [0.29, 0.717) is 12.6 Å². The van der Waals surface area contributed by atoms with Gasteiger partial charge in [-0.3, -0.25) is 0 Å². The van der Waals surface area contributed by atoms with Gasteiger partial charge in [-0.2, -0.15) is 0 Å². The van der Waals surface area contributed by atoms with Crippen LogP contribution in [0.3, 0.4) is 0 Å². The zero-order chi connectivity index (χ0) is 11.4. The summed E-state index contributed by atoms with van der Waals surface area (Å²) < 4.78 is 0. The molecular weight excluding hydrogens is 190 g/mol. The van der Waals surface area contributed by atoms with Crippen molar-refractivity contribution in [1.29, 1.82) is 0 Å². The third-order valence-electron chi connectivity index (χ3n) is 3.20. The van der Waals surface area contributed by atoms with Crippen molar-refractivity contribution in [2.24, 2.45) is 5.73 Å². The van der Waals surface area contributed by atoms with E-state index in [0.717, 1.165) is 25.8 Å². The number of likely N-dealkylation sites (tertiary alicyclic amines) is 1. The van der Waals surface area contributed by atoms with Crippen molar-refractivity contribution >= 4 is 6.03 Å². The van der Waals surface area contributed by atoms with Crippen LogP contribution in [0.4, 0.5) is 4.79 Å². The molecule has 0 aromatic carbocycles. The van der Waals surface area contributed by atoms with Crippen LogP contribution in [0.15, 0.2) is 0 Å². The molecule has 1 aliphatic rings. The summed E-state index contributed by atoms with van der Waals surface area (Å²) in [7, 11) is 1.87. The number of rotatable bonds is 3. The topological polar surface area (TPSA) is 49.6 Å². The van der Waals surface area contributed by atoms with Crippen LogP contribution >= 0.6 is 0 Å². The molecule has 0 saturated carbocycles. The molecule has 4 heteroatoms. The van der Waals surface area contributed by atoms with E-state index >= 15 is 0 Å². The van der Waals surface area contributed by atoms with E-state index in [1.165, 1.54) is 0 Å². The van der Waals surface area contributed by atoms with Crippen molar-refractivity contribution < 1.29 is 4.79 Å². The van der Waals surface area contributed by atoms with Crippen molar-refractivity contribution in [3.05, 3.63) is 0 Å². The van der Waals surface area contributed by atoms with Gasteiger partial charge in [0, 0.05) is 25.7 Å². The van der Waals surface area contributed by atoms with Gasteiger partial charge in [0.15, 0.2) is 0 Å². The van der Waals surface area contributed by atoms with Gasteiger partial charge in [0.2, 0.25) is 0 Å². The van der Waals surface area contributed by atoms with Gasteiger partial charge < -0.3 is 15.5 Å². The lowest BCUT2D eigenvalue weighted by Crippen LogP contribution is -2.46. The summed E-state index contributed by atoms with van der Waals surface area (Å²) >= 11 is 0. The Morgan fingerprint density at radius 1 is 1.60 bits per heavy atom. The van der Waals surface area contributed by atoms with Crippen LogP contribution in [0.25, 0.3) is 0 Å². The van der Waals surface area contributed by atoms with Gasteiger partial charge in [0.05, 0.1) is 0 Å². The second kappa shape index (κ2) is 5.35. The molecule has 1 rings (SSSR count). The molecule has 88 valence electrons. The monoisotopic (exact) mass is 213 g/mol. The molecule has 0 radical (unpaired) electrons. The number of nitrogens with zero attached hydrogens (tertiary/aromatic N) is 2. The highest BCUT2D eigenvalue weighted by atomic mass is 16.2. The fourth-order valence-electron chi connectivity index (χ4n) is 2.00. The molecule has 1 heterocycles. The number of hydrogen-bond donors (Lipinski definition) is 1. The lowest BCUT2D eigenvalue weighted by atomic mass is 10.1. The van der Waals surface area contributed by atoms with Gasteiger partial charge in [0.25, 0.3) is 0 Å². The largest absolute Gasteiger partial charge is 0.330 e. The number of amides is 2. The highest BCUT2D eigenvalue weighted by molar-refractivity contribution is 5.75. The average molecular weight is 213 g/mol. The SMILES string of the molecule is CC(C)N(C)C(=O)N1CCCC1CCN. The zero-order valence-corrected chi connectivity index (χ0v) is 10.1. The van der Waals surface area contributed by atoms with Crippen molar-refractivity contribution in [1.82, 2.24) is 9.80 Å². The highest BCUT2D eigenvalue weighted by Crippen LogP contribution is 2.21. The van der Waals surface area contributed by atoms with Gasteiger partial charge in [-0.25, -0.2) is 4.79 Å². The maximum absolute atomic E-state index is 12.1. The molecule has 1 saturated heterocycles. The Hall–Kier alpha value is -0.770. The van der Waals surface area contributed by atoms with Gasteiger partial charge in [-0.15, -0.1) is 0 Å². The van der Waals surface area contributed by atoms with Crippen molar-refractivity contribution in [2.75, 3.05) is 20.1 Å². The third-order valence-corrected chi connectivity index (χ3v) is 3.20. The summed E-state index contributed by atoms with van der Waals surface area (Å²) in [6.45, 7) is 5.62. The van der Waals surface area contributed by atoms with E-state index in [9.17, 15) is 4.79 Å². The van der Waals surface area contributed by atoms with Crippen LogP contribution in [-0.2, 0) is 0 Å². The highest BCUT2D eigenvalue weighted by Gasteiger charge is 2.30. The first-order valence-electron chi connectivity index (χ1n) is 5.81. The first-order valence-corrected chi connectivity index (χ1v) is 5.81. The number of hydrogen-bond acceptors (Lipinski definition) is 2. The van der Waals surface area contributed by atoms with E-state index < -0.39 is 0 Å². The summed E-state index contributed by atoms with van der Waals surface area (Å²) in [6.07, 6.45) is 3.15. The second-order valence-corrected chi connectivity index (χ2v) is 4.55. The molecule has 0 aromatic heterocycles. The molecule has 1 fully saturated rings. The Labute approximate surface area is 92.4 Å². The number of nitrogens with two attached hydrogens (primary N) is 1. The zero-order valence-electron chi connectivity index (χ0n) is 10.1. The van der Waals surface area contributed by atoms with E-state index in [1.807, 2.05) is 25.8 Å². The lowest BCUT2D eigenvalue weighted by Gasteiger charge is -2.31. The smallest absolute Gasteiger partial charge is 0.320 e. The molecule has 0 aromatic rings. The Morgan fingerprint density at radius 3 is 2.80 bits per heavy atom. The number of carbonyl (C=O) groups excluding carboxylic acids is 1. The molecule has 0 bridgehead atoms. The van der Waals surface area contributed by atoms with Crippen LogP contribution in [0, 0.1) is 0 Å². The quantitative estimate of drug-likeness (QED) is 0.767. The summed E-state index contributed by atoms with van der Waals surface area (Å²) in [5, 5.41) is 0. The normalized spacial score (nSPS) is 21.1. The molecule has 1 atom stereocenters. The van der Waals surface area contributed by atoms with Crippen molar-refractivity contribution in [3.63, 3.8) is 0 Å². The Bertz CT molecular complexity index is 218. The molecule has 0 spiro atoms.